The minimum Gasteiger partial charge on any atom is -0.507 e. The van der Waals surface area contributed by atoms with Crippen LogP contribution in [-0.4, -0.2) is 10.2 Å². The first kappa shape index (κ1) is 28.1. The van der Waals surface area contributed by atoms with Crippen molar-refractivity contribution in [2.75, 3.05) is 0 Å². The van der Waals surface area contributed by atoms with Gasteiger partial charge in [-0.25, -0.2) is 0 Å². The highest BCUT2D eigenvalue weighted by Crippen LogP contribution is 2.41. The van der Waals surface area contributed by atoms with Gasteiger partial charge >= 0.3 is 0 Å². The van der Waals surface area contributed by atoms with Crippen LogP contribution in [0.4, 0.5) is 0 Å². The zero-order valence-electron chi connectivity index (χ0n) is 24.3. The van der Waals surface area contributed by atoms with Gasteiger partial charge in [-0.2, -0.15) is 0 Å². The van der Waals surface area contributed by atoms with Crippen molar-refractivity contribution in [1.29, 1.82) is 0 Å². The van der Waals surface area contributed by atoms with Crippen LogP contribution < -0.4 is 0 Å². The summed E-state index contributed by atoms with van der Waals surface area (Å²) in [7, 11) is 0. The predicted octanol–water partition coefficient (Wildman–Crippen LogP) is 10.7. The first-order valence-corrected chi connectivity index (χ1v) is 15.1. The average Bonchev–Trinajstić information content (AvgIpc) is 3.07. The van der Waals surface area contributed by atoms with Crippen molar-refractivity contribution in [3.05, 3.63) is 157 Å². The molecule has 6 aromatic rings. The Labute approximate surface area is 254 Å². The van der Waals surface area contributed by atoms with Gasteiger partial charge in [0.05, 0.1) is 0 Å². The molecule has 0 amide bonds. The van der Waals surface area contributed by atoms with Gasteiger partial charge in [-0.05, 0) is 83.3 Å². The molecule has 0 radical (unpaired) electrons. The lowest BCUT2D eigenvalue weighted by atomic mass is 9.91. The van der Waals surface area contributed by atoms with Crippen LogP contribution >= 0.6 is 0 Å². The molecule has 6 aromatic carbocycles. The zero-order valence-corrected chi connectivity index (χ0v) is 24.3. The molecule has 0 unspecified atom stereocenters. The Bertz CT molecular complexity index is 1520. The molecule has 2 N–H and O–H groups in total. The molecule has 0 atom stereocenters. The molecule has 0 bridgehead atoms. The number of hydrogen-bond donors (Lipinski definition) is 2. The highest BCUT2D eigenvalue weighted by Gasteiger charge is 2.15. The van der Waals surface area contributed by atoms with Gasteiger partial charge in [0, 0.05) is 22.3 Å². The summed E-state index contributed by atoms with van der Waals surface area (Å²) in [6.45, 7) is 0. The molecule has 0 spiro atoms. The number of aromatic hydroxyl groups is 2. The number of phenols is 2. The van der Waals surface area contributed by atoms with Crippen LogP contribution in [0.5, 0.6) is 11.5 Å². The van der Waals surface area contributed by atoms with Crippen LogP contribution in [-0.2, 0) is 12.8 Å². The first-order valence-electron chi connectivity index (χ1n) is 15.1. The summed E-state index contributed by atoms with van der Waals surface area (Å²) in [6.07, 6.45) is 5.09. The monoisotopic (exact) mass is 560 g/mol. The normalized spacial score (nSPS) is 11.0. The third kappa shape index (κ3) is 6.55. The molecular weight excluding hydrogens is 524 g/mol. The van der Waals surface area contributed by atoms with Gasteiger partial charge in [0.1, 0.15) is 11.5 Å². The Morgan fingerprint density at radius 3 is 0.837 bits per heavy atom. The minimum atomic E-state index is 0.330. The number of aryl methyl sites for hydroxylation is 2. The maximum Gasteiger partial charge on any atom is 0.131 e. The Balaban J connectivity index is 1.19. The maximum absolute atomic E-state index is 11.3. The van der Waals surface area contributed by atoms with Gasteiger partial charge < -0.3 is 10.2 Å². The Hall–Kier alpha value is -5.08. The molecule has 43 heavy (non-hydrogen) atoms. The van der Waals surface area contributed by atoms with E-state index >= 15 is 0 Å². The first-order chi connectivity index (χ1) is 21.2. The second kappa shape index (κ2) is 13.3. The highest BCUT2D eigenvalue weighted by molar-refractivity contribution is 5.84. The van der Waals surface area contributed by atoms with Gasteiger partial charge in [-0.15, -0.1) is 0 Å². The summed E-state index contributed by atoms with van der Waals surface area (Å²) >= 11 is 0. The summed E-state index contributed by atoms with van der Waals surface area (Å²) in [6, 6.07) is 49.1. The van der Waals surface area contributed by atoms with Gasteiger partial charge in [-0.3, -0.25) is 0 Å². The summed E-state index contributed by atoms with van der Waals surface area (Å²) in [4.78, 5) is 0. The zero-order chi connectivity index (χ0) is 29.4. The second-order valence-electron chi connectivity index (χ2n) is 11.1. The largest absolute Gasteiger partial charge is 0.507 e. The Kier molecular flexibility index (Phi) is 8.66. The molecule has 0 saturated heterocycles. The topological polar surface area (TPSA) is 40.5 Å². The minimum absolute atomic E-state index is 0.330. The molecular formula is C41H36O2. The molecule has 0 aliphatic carbocycles. The molecule has 0 saturated carbocycles. The lowest BCUT2D eigenvalue weighted by molar-refractivity contribution is 0.478. The van der Waals surface area contributed by atoms with E-state index in [9.17, 15) is 10.2 Å². The van der Waals surface area contributed by atoms with E-state index < -0.39 is 0 Å². The van der Waals surface area contributed by atoms with E-state index in [4.69, 9.17) is 0 Å². The molecule has 2 nitrogen and oxygen atoms in total. The molecule has 0 aromatic heterocycles. The third-order valence-corrected chi connectivity index (χ3v) is 8.11. The fourth-order valence-electron chi connectivity index (χ4n) is 5.86. The molecule has 0 aliphatic heterocycles. The van der Waals surface area contributed by atoms with Crippen LogP contribution in [0, 0.1) is 0 Å². The molecule has 212 valence electrons. The summed E-state index contributed by atoms with van der Waals surface area (Å²) in [5.41, 5.74) is 10.1. The predicted molar refractivity (Wildman–Crippen MR) is 179 cm³/mol. The SMILES string of the molecule is Oc1c(-c2ccccc2)cc(CCCCCc2cc(-c3ccccc3)c(O)c(-c3ccccc3)c2)cc1-c1ccccc1. The van der Waals surface area contributed by atoms with E-state index in [-0.39, 0.29) is 0 Å². The lowest BCUT2D eigenvalue weighted by Crippen LogP contribution is -1.94. The van der Waals surface area contributed by atoms with Crippen molar-refractivity contribution >= 4 is 0 Å². The average molecular weight is 561 g/mol. The van der Waals surface area contributed by atoms with Crippen LogP contribution in [0.1, 0.15) is 30.4 Å². The highest BCUT2D eigenvalue weighted by atomic mass is 16.3. The Morgan fingerprint density at radius 2 is 0.581 bits per heavy atom. The van der Waals surface area contributed by atoms with Crippen molar-refractivity contribution in [3.63, 3.8) is 0 Å². The number of unbranched alkanes of at least 4 members (excludes halogenated alkanes) is 2. The maximum atomic E-state index is 11.3. The van der Waals surface area contributed by atoms with Crippen molar-refractivity contribution in [1.82, 2.24) is 0 Å². The Morgan fingerprint density at radius 1 is 0.326 bits per heavy atom. The van der Waals surface area contributed by atoms with E-state index in [1.807, 2.05) is 72.8 Å². The van der Waals surface area contributed by atoms with Gasteiger partial charge in [-0.1, -0.05) is 128 Å². The summed E-state index contributed by atoms with van der Waals surface area (Å²) in [5.74, 6) is 0.661. The van der Waals surface area contributed by atoms with Gasteiger partial charge in [0.2, 0.25) is 0 Å². The second-order valence-corrected chi connectivity index (χ2v) is 11.1. The fourth-order valence-corrected chi connectivity index (χ4v) is 5.86. The smallest absolute Gasteiger partial charge is 0.131 e. The van der Waals surface area contributed by atoms with E-state index in [0.717, 1.165) is 76.6 Å². The van der Waals surface area contributed by atoms with E-state index in [1.165, 1.54) is 11.1 Å². The fraction of sp³-hybridized carbons (Fsp3) is 0.122. The van der Waals surface area contributed by atoms with Gasteiger partial charge in [0.15, 0.2) is 0 Å². The van der Waals surface area contributed by atoms with E-state index in [2.05, 4.69) is 72.8 Å². The molecule has 0 heterocycles. The molecule has 0 fully saturated rings. The van der Waals surface area contributed by atoms with Crippen molar-refractivity contribution in [2.24, 2.45) is 0 Å². The molecule has 6 rings (SSSR count). The molecule has 2 heteroatoms. The van der Waals surface area contributed by atoms with E-state index in [1.54, 1.807) is 0 Å². The van der Waals surface area contributed by atoms with Crippen LogP contribution in [0.15, 0.2) is 146 Å². The number of benzene rings is 6. The third-order valence-electron chi connectivity index (χ3n) is 8.11. The standard InChI is InChI=1S/C41H36O2/c42-40-36(32-18-8-2-9-19-32)26-30(27-37(40)33-20-10-3-11-21-33)16-6-1-7-17-31-28-38(34-22-12-4-13-23-34)41(43)39(29-31)35-24-14-5-15-25-35/h2-5,8-15,18-29,42-43H,1,6-7,16-17H2. The summed E-state index contributed by atoms with van der Waals surface area (Å²) < 4.78 is 0. The van der Waals surface area contributed by atoms with Crippen molar-refractivity contribution in [2.45, 2.75) is 32.1 Å². The van der Waals surface area contributed by atoms with Crippen LogP contribution in [0.2, 0.25) is 0 Å². The van der Waals surface area contributed by atoms with Crippen LogP contribution in [0.3, 0.4) is 0 Å². The number of rotatable bonds is 10. The van der Waals surface area contributed by atoms with Crippen LogP contribution in [0.25, 0.3) is 44.5 Å². The van der Waals surface area contributed by atoms with Crippen molar-refractivity contribution in [3.8, 4) is 56.0 Å². The molecule has 0 aliphatic rings. The summed E-state index contributed by atoms with van der Waals surface area (Å²) in [5, 5.41) is 22.5. The van der Waals surface area contributed by atoms with Crippen molar-refractivity contribution < 1.29 is 10.2 Å². The number of hydrogen-bond acceptors (Lipinski definition) is 2. The quantitative estimate of drug-likeness (QED) is 0.164. The van der Waals surface area contributed by atoms with Gasteiger partial charge in [0.25, 0.3) is 0 Å². The number of phenolic OH excluding ortho intramolecular Hbond substituents is 2. The van der Waals surface area contributed by atoms with E-state index in [0.29, 0.717) is 11.5 Å². The lowest BCUT2D eigenvalue weighted by Gasteiger charge is -2.15.